The number of hydrogen-bond acceptors (Lipinski definition) is 3. The molecule has 0 unspecified atom stereocenters. The number of benzene rings is 3. The molecule has 0 spiro atoms. The van der Waals surface area contributed by atoms with Gasteiger partial charge >= 0.3 is 0 Å². The second-order valence-corrected chi connectivity index (χ2v) is 6.27. The highest BCUT2D eigenvalue weighted by Gasteiger charge is 2.13. The zero-order valence-electron chi connectivity index (χ0n) is 15.5. The van der Waals surface area contributed by atoms with E-state index >= 15 is 0 Å². The molecule has 3 rings (SSSR count). The first-order valence-corrected chi connectivity index (χ1v) is 8.99. The number of methoxy groups -OCH3 is 1. The lowest BCUT2D eigenvalue weighted by atomic mass is 10.2. The van der Waals surface area contributed by atoms with Crippen molar-refractivity contribution >= 4 is 11.6 Å². The molecule has 3 aromatic carbocycles. The van der Waals surface area contributed by atoms with Crippen LogP contribution in [0, 0.1) is 0 Å². The Hall–Kier alpha value is -3.27. The molecular weight excluding hydrogens is 336 g/mol. The molecular formula is C23H24N2O2. The Balaban J connectivity index is 1.67. The molecule has 3 aromatic rings. The fraction of sp³-hybridized carbons (Fsp3) is 0.174. The van der Waals surface area contributed by atoms with Crippen LogP contribution in [-0.2, 0) is 17.9 Å². The molecule has 0 bridgehead atoms. The molecule has 0 aliphatic heterocycles. The summed E-state index contributed by atoms with van der Waals surface area (Å²) < 4.78 is 5.35. The van der Waals surface area contributed by atoms with Crippen molar-refractivity contribution in [1.29, 1.82) is 0 Å². The van der Waals surface area contributed by atoms with Crippen molar-refractivity contribution in [1.82, 2.24) is 5.32 Å². The average Bonchev–Trinajstić information content (AvgIpc) is 2.73. The Kier molecular flexibility index (Phi) is 6.47. The van der Waals surface area contributed by atoms with E-state index in [1.165, 1.54) is 5.56 Å². The quantitative estimate of drug-likeness (QED) is 0.660. The predicted molar refractivity (Wildman–Crippen MR) is 109 cm³/mol. The van der Waals surface area contributed by atoms with Crippen LogP contribution in [0.1, 0.15) is 11.1 Å². The van der Waals surface area contributed by atoms with Crippen molar-refractivity contribution < 1.29 is 9.53 Å². The second kappa shape index (κ2) is 9.43. The van der Waals surface area contributed by atoms with Gasteiger partial charge in [-0.2, -0.15) is 0 Å². The molecule has 0 atom stereocenters. The summed E-state index contributed by atoms with van der Waals surface area (Å²) in [6.45, 7) is 1.40. The highest BCUT2D eigenvalue weighted by molar-refractivity contribution is 5.81. The van der Waals surface area contributed by atoms with Gasteiger partial charge in [-0.25, -0.2) is 0 Å². The lowest BCUT2D eigenvalue weighted by molar-refractivity contribution is -0.119. The third kappa shape index (κ3) is 5.35. The van der Waals surface area contributed by atoms with Gasteiger partial charge in [-0.15, -0.1) is 0 Å². The number of ether oxygens (including phenoxy) is 1. The van der Waals surface area contributed by atoms with Gasteiger partial charge in [0, 0.05) is 24.3 Å². The van der Waals surface area contributed by atoms with Crippen LogP contribution in [0.3, 0.4) is 0 Å². The number of hydrogen-bond donors (Lipinski definition) is 1. The summed E-state index contributed by atoms with van der Waals surface area (Å²) in [4.78, 5) is 14.7. The van der Waals surface area contributed by atoms with Gasteiger partial charge in [0.2, 0.25) is 5.91 Å². The van der Waals surface area contributed by atoms with E-state index in [1.807, 2.05) is 72.8 Å². The van der Waals surface area contributed by atoms with E-state index in [4.69, 9.17) is 4.74 Å². The molecule has 138 valence electrons. The summed E-state index contributed by atoms with van der Waals surface area (Å²) in [5.74, 6) is 0.752. The maximum absolute atomic E-state index is 12.6. The van der Waals surface area contributed by atoms with Gasteiger partial charge in [0.05, 0.1) is 13.7 Å². The fourth-order valence-electron chi connectivity index (χ4n) is 2.95. The van der Waals surface area contributed by atoms with Gasteiger partial charge in [0.25, 0.3) is 0 Å². The van der Waals surface area contributed by atoms with E-state index in [0.717, 1.165) is 17.0 Å². The molecule has 0 heterocycles. The zero-order chi connectivity index (χ0) is 18.9. The Bertz CT molecular complexity index is 851. The van der Waals surface area contributed by atoms with Crippen molar-refractivity contribution in [2.24, 2.45) is 0 Å². The number of carbonyl (C=O) groups excluding carboxylic acids is 1. The summed E-state index contributed by atoms with van der Waals surface area (Å²) in [5, 5.41) is 3.00. The van der Waals surface area contributed by atoms with Gasteiger partial charge < -0.3 is 15.0 Å². The molecule has 1 amide bonds. The first-order chi connectivity index (χ1) is 13.3. The molecule has 0 aromatic heterocycles. The van der Waals surface area contributed by atoms with Gasteiger partial charge in [0.15, 0.2) is 0 Å². The van der Waals surface area contributed by atoms with Crippen molar-refractivity contribution in [2.45, 2.75) is 13.1 Å². The van der Waals surface area contributed by atoms with Crippen molar-refractivity contribution in [3.8, 4) is 5.75 Å². The standard InChI is InChI=1S/C23H24N2O2/c1-27-22-15-9-8-12-20(22)16-24-23(26)18-25(21-13-6-3-7-14-21)17-19-10-4-2-5-11-19/h2-15H,16-18H2,1H3,(H,24,26). The Morgan fingerprint density at radius 3 is 2.22 bits per heavy atom. The number of para-hydroxylation sites is 2. The van der Waals surface area contributed by atoms with Crippen LogP contribution in [0.5, 0.6) is 5.75 Å². The zero-order valence-corrected chi connectivity index (χ0v) is 15.5. The summed E-state index contributed by atoms with van der Waals surface area (Å²) in [6.07, 6.45) is 0. The normalized spacial score (nSPS) is 10.3. The van der Waals surface area contributed by atoms with E-state index in [1.54, 1.807) is 7.11 Å². The van der Waals surface area contributed by atoms with Gasteiger partial charge in [-0.05, 0) is 23.8 Å². The maximum atomic E-state index is 12.6. The van der Waals surface area contributed by atoms with Crippen molar-refractivity contribution in [3.05, 3.63) is 96.1 Å². The number of nitrogens with zero attached hydrogens (tertiary/aromatic N) is 1. The minimum atomic E-state index is -0.0271. The molecule has 4 heteroatoms. The minimum Gasteiger partial charge on any atom is -0.496 e. The number of amides is 1. The molecule has 0 aliphatic carbocycles. The summed E-state index contributed by atoms with van der Waals surface area (Å²) in [7, 11) is 1.64. The minimum absolute atomic E-state index is 0.0271. The van der Waals surface area contributed by atoms with Crippen LogP contribution in [0.4, 0.5) is 5.69 Å². The molecule has 0 aliphatic rings. The van der Waals surface area contributed by atoms with Gasteiger partial charge in [-0.1, -0.05) is 66.7 Å². The van der Waals surface area contributed by atoms with Gasteiger partial charge in [0.1, 0.15) is 5.75 Å². The van der Waals surface area contributed by atoms with E-state index in [0.29, 0.717) is 13.1 Å². The topological polar surface area (TPSA) is 41.6 Å². The van der Waals surface area contributed by atoms with Crippen LogP contribution in [-0.4, -0.2) is 19.6 Å². The SMILES string of the molecule is COc1ccccc1CNC(=O)CN(Cc1ccccc1)c1ccccc1. The molecule has 0 saturated carbocycles. The Morgan fingerprint density at radius 2 is 1.52 bits per heavy atom. The molecule has 27 heavy (non-hydrogen) atoms. The molecule has 1 N–H and O–H groups in total. The second-order valence-electron chi connectivity index (χ2n) is 6.27. The lowest BCUT2D eigenvalue weighted by Gasteiger charge is -2.24. The third-order valence-electron chi connectivity index (χ3n) is 4.34. The molecule has 0 radical (unpaired) electrons. The molecule has 0 fully saturated rings. The molecule has 0 saturated heterocycles. The fourth-order valence-corrected chi connectivity index (χ4v) is 2.95. The van der Waals surface area contributed by atoms with E-state index in [9.17, 15) is 4.79 Å². The first-order valence-electron chi connectivity index (χ1n) is 8.99. The highest BCUT2D eigenvalue weighted by atomic mass is 16.5. The third-order valence-corrected chi connectivity index (χ3v) is 4.34. The number of anilines is 1. The van der Waals surface area contributed by atoms with Crippen LogP contribution < -0.4 is 15.0 Å². The van der Waals surface area contributed by atoms with E-state index in [-0.39, 0.29) is 12.5 Å². The molecule has 4 nitrogen and oxygen atoms in total. The van der Waals surface area contributed by atoms with Crippen molar-refractivity contribution in [2.75, 3.05) is 18.6 Å². The van der Waals surface area contributed by atoms with Crippen molar-refractivity contribution in [3.63, 3.8) is 0 Å². The monoisotopic (exact) mass is 360 g/mol. The maximum Gasteiger partial charge on any atom is 0.239 e. The largest absolute Gasteiger partial charge is 0.496 e. The number of rotatable bonds is 8. The summed E-state index contributed by atoms with van der Waals surface area (Å²) in [6, 6.07) is 27.9. The number of nitrogens with one attached hydrogen (secondary N) is 1. The van der Waals surface area contributed by atoms with Crippen LogP contribution >= 0.6 is 0 Å². The van der Waals surface area contributed by atoms with E-state index in [2.05, 4.69) is 22.3 Å². The van der Waals surface area contributed by atoms with Crippen LogP contribution in [0.15, 0.2) is 84.9 Å². The van der Waals surface area contributed by atoms with Crippen LogP contribution in [0.2, 0.25) is 0 Å². The van der Waals surface area contributed by atoms with Crippen LogP contribution in [0.25, 0.3) is 0 Å². The predicted octanol–water partition coefficient (Wildman–Crippen LogP) is 4.02. The van der Waals surface area contributed by atoms with E-state index < -0.39 is 0 Å². The smallest absolute Gasteiger partial charge is 0.239 e. The summed E-state index contributed by atoms with van der Waals surface area (Å²) in [5.41, 5.74) is 3.15. The first kappa shape index (κ1) is 18.5. The van der Waals surface area contributed by atoms with Gasteiger partial charge in [-0.3, -0.25) is 4.79 Å². The lowest BCUT2D eigenvalue weighted by Crippen LogP contribution is -2.36. The average molecular weight is 360 g/mol. The number of carbonyl (C=O) groups is 1. The Labute approximate surface area is 160 Å². The summed E-state index contributed by atoms with van der Waals surface area (Å²) >= 11 is 0. The Morgan fingerprint density at radius 1 is 0.889 bits per heavy atom. The highest BCUT2D eigenvalue weighted by Crippen LogP contribution is 2.18.